The van der Waals surface area contributed by atoms with Crippen molar-refractivity contribution >= 4 is 41.3 Å². The third kappa shape index (κ3) is 3.99. The molecule has 0 aromatic heterocycles. The Balaban J connectivity index is 1.49. The number of imide groups is 1. The fourth-order valence-electron chi connectivity index (χ4n) is 3.43. The van der Waals surface area contributed by atoms with E-state index in [2.05, 4.69) is 10.6 Å². The van der Waals surface area contributed by atoms with Crippen molar-refractivity contribution in [3.8, 4) is 0 Å². The molecule has 28 heavy (non-hydrogen) atoms. The number of thioether (sulfide) groups is 1. The smallest absolute Gasteiger partial charge is 0.330 e. The highest BCUT2D eigenvalue weighted by molar-refractivity contribution is 8.01. The first kappa shape index (κ1) is 20.2. The zero-order chi connectivity index (χ0) is 20.5. The predicted molar refractivity (Wildman–Crippen MR) is 105 cm³/mol. The Morgan fingerprint density at radius 2 is 2.07 bits per heavy atom. The molecule has 0 bridgehead atoms. The van der Waals surface area contributed by atoms with Gasteiger partial charge < -0.3 is 15.0 Å². The summed E-state index contributed by atoms with van der Waals surface area (Å²) < 4.78 is 5.05. The van der Waals surface area contributed by atoms with Crippen LogP contribution in [0.3, 0.4) is 0 Å². The van der Waals surface area contributed by atoms with Crippen LogP contribution in [0, 0.1) is 13.8 Å². The van der Waals surface area contributed by atoms with Crippen molar-refractivity contribution in [2.45, 2.75) is 44.5 Å². The van der Waals surface area contributed by atoms with Gasteiger partial charge in [0.2, 0.25) is 5.91 Å². The lowest BCUT2D eigenvalue weighted by atomic mass is 10.1. The number of benzene rings is 1. The molecule has 2 atom stereocenters. The monoisotopic (exact) mass is 405 g/mol. The highest BCUT2D eigenvalue weighted by atomic mass is 32.2. The lowest BCUT2D eigenvalue weighted by Crippen LogP contribution is -2.47. The number of urea groups is 1. The van der Waals surface area contributed by atoms with Crippen molar-refractivity contribution in [3.63, 3.8) is 0 Å². The SMILES string of the molecule is Cc1cccc(NC(=O)NC(=O)COC(=O)[C@H]2CS[C@@]3(C)CCC(=O)N23)c1C. The molecule has 0 radical (unpaired) electrons. The molecule has 2 fully saturated rings. The van der Waals surface area contributed by atoms with E-state index in [0.29, 0.717) is 24.3 Å². The van der Waals surface area contributed by atoms with Crippen LogP contribution in [0.4, 0.5) is 10.5 Å². The lowest BCUT2D eigenvalue weighted by molar-refractivity contribution is -0.156. The summed E-state index contributed by atoms with van der Waals surface area (Å²) >= 11 is 1.54. The molecule has 0 unspecified atom stereocenters. The fourth-order valence-corrected chi connectivity index (χ4v) is 4.85. The van der Waals surface area contributed by atoms with Crippen molar-refractivity contribution in [1.29, 1.82) is 0 Å². The van der Waals surface area contributed by atoms with Gasteiger partial charge in [0.05, 0.1) is 4.87 Å². The molecular weight excluding hydrogens is 382 g/mol. The van der Waals surface area contributed by atoms with Gasteiger partial charge in [0.25, 0.3) is 5.91 Å². The quantitative estimate of drug-likeness (QED) is 0.742. The molecule has 2 heterocycles. The first-order valence-corrected chi connectivity index (χ1v) is 9.99. The van der Waals surface area contributed by atoms with Gasteiger partial charge in [0.15, 0.2) is 6.61 Å². The van der Waals surface area contributed by atoms with Gasteiger partial charge >= 0.3 is 12.0 Å². The van der Waals surface area contributed by atoms with Gasteiger partial charge in [-0.3, -0.25) is 14.9 Å². The summed E-state index contributed by atoms with van der Waals surface area (Å²) in [6, 6.07) is 4.05. The van der Waals surface area contributed by atoms with Gasteiger partial charge in [0.1, 0.15) is 6.04 Å². The number of carbonyl (C=O) groups is 4. The molecule has 150 valence electrons. The molecule has 2 saturated heterocycles. The molecule has 4 amide bonds. The van der Waals surface area contributed by atoms with Crippen LogP contribution in [-0.2, 0) is 19.1 Å². The second kappa shape index (κ2) is 7.83. The van der Waals surface area contributed by atoms with Crippen LogP contribution in [0.15, 0.2) is 18.2 Å². The Labute approximate surface area is 167 Å². The third-order valence-electron chi connectivity index (χ3n) is 5.17. The average Bonchev–Trinajstić information content (AvgIpc) is 3.13. The van der Waals surface area contributed by atoms with E-state index in [4.69, 9.17) is 4.74 Å². The number of carbonyl (C=O) groups excluding carboxylic acids is 4. The Morgan fingerprint density at radius 3 is 2.82 bits per heavy atom. The Hall–Kier alpha value is -2.55. The van der Waals surface area contributed by atoms with Crippen molar-refractivity contribution in [1.82, 2.24) is 10.2 Å². The Bertz CT molecular complexity index is 843. The lowest BCUT2D eigenvalue weighted by Gasteiger charge is -2.29. The molecule has 0 aliphatic carbocycles. The maximum absolute atomic E-state index is 12.3. The number of nitrogens with one attached hydrogen (secondary N) is 2. The van der Waals surface area contributed by atoms with Crippen LogP contribution in [0.5, 0.6) is 0 Å². The minimum Gasteiger partial charge on any atom is -0.454 e. The van der Waals surface area contributed by atoms with Crippen LogP contribution < -0.4 is 10.6 Å². The number of fused-ring (bicyclic) bond motifs is 1. The fraction of sp³-hybridized carbons (Fsp3) is 0.474. The van der Waals surface area contributed by atoms with Gasteiger partial charge in [-0.25, -0.2) is 9.59 Å². The maximum Gasteiger partial charge on any atom is 0.330 e. The number of hydrogen-bond acceptors (Lipinski definition) is 6. The van der Waals surface area contributed by atoms with Crippen molar-refractivity contribution < 1.29 is 23.9 Å². The first-order chi connectivity index (χ1) is 13.2. The van der Waals surface area contributed by atoms with E-state index in [0.717, 1.165) is 11.1 Å². The van der Waals surface area contributed by atoms with Crippen LogP contribution in [-0.4, -0.2) is 52.0 Å². The molecule has 0 saturated carbocycles. The van der Waals surface area contributed by atoms with Gasteiger partial charge in [-0.1, -0.05) is 12.1 Å². The van der Waals surface area contributed by atoms with Crippen molar-refractivity contribution in [2.75, 3.05) is 17.7 Å². The minimum absolute atomic E-state index is 0.0770. The van der Waals surface area contributed by atoms with Crippen LogP contribution >= 0.6 is 11.8 Å². The minimum atomic E-state index is -0.739. The first-order valence-electron chi connectivity index (χ1n) is 9.01. The standard InChI is InChI=1S/C19H23N3O5S/c1-11-5-4-6-13(12(11)2)20-18(26)21-15(23)9-27-17(25)14-10-28-19(3)8-7-16(24)22(14)19/h4-6,14H,7-10H2,1-3H3,(H2,20,21,23,26)/t14-,19+/m1/s1. The molecule has 1 aromatic carbocycles. The highest BCUT2D eigenvalue weighted by Crippen LogP contribution is 2.47. The van der Waals surface area contributed by atoms with E-state index >= 15 is 0 Å². The summed E-state index contributed by atoms with van der Waals surface area (Å²) in [5.74, 6) is -1.00. The molecular formula is C19H23N3O5S. The van der Waals surface area contributed by atoms with Crippen LogP contribution in [0.2, 0.25) is 0 Å². The summed E-state index contributed by atoms with van der Waals surface area (Å²) in [5, 5.41) is 4.73. The summed E-state index contributed by atoms with van der Waals surface area (Å²) in [6.07, 6.45) is 1.10. The predicted octanol–water partition coefficient (Wildman–Crippen LogP) is 1.95. The van der Waals surface area contributed by atoms with E-state index in [1.165, 1.54) is 0 Å². The summed E-state index contributed by atoms with van der Waals surface area (Å²) in [6.45, 7) is 5.13. The Kier molecular flexibility index (Phi) is 5.64. The van der Waals surface area contributed by atoms with Crippen LogP contribution in [0.1, 0.15) is 30.9 Å². The number of anilines is 1. The molecule has 3 rings (SSSR count). The second-order valence-electron chi connectivity index (χ2n) is 7.12. The van der Waals surface area contributed by atoms with Gasteiger partial charge in [-0.2, -0.15) is 0 Å². The summed E-state index contributed by atoms with van der Waals surface area (Å²) in [7, 11) is 0. The maximum atomic E-state index is 12.3. The third-order valence-corrected chi connectivity index (χ3v) is 6.67. The number of nitrogens with zero attached hydrogens (tertiary/aromatic N) is 1. The average molecular weight is 405 g/mol. The van der Waals surface area contributed by atoms with Crippen molar-refractivity contribution in [2.24, 2.45) is 0 Å². The van der Waals surface area contributed by atoms with E-state index in [-0.39, 0.29) is 10.8 Å². The zero-order valence-electron chi connectivity index (χ0n) is 16.0. The van der Waals surface area contributed by atoms with E-state index in [1.807, 2.05) is 26.8 Å². The molecule has 1 aromatic rings. The number of ether oxygens (including phenoxy) is 1. The number of hydrogen-bond donors (Lipinski definition) is 2. The summed E-state index contributed by atoms with van der Waals surface area (Å²) in [5.41, 5.74) is 2.50. The molecule has 2 aliphatic heterocycles. The molecule has 9 heteroatoms. The summed E-state index contributed by atoms with van der Waals surface area (Å²) in [4.78, 5) is 49.5. The normalized spacial score (nSPS) is 23.3. The number of rotatable bonds is 4. The van der Waals surface area contributed by atoms with Crippen molar-refractivity contribution in [3.05, 3.63) is 29.3 Å². The zero-order valence-corrected chi connectivity index (χ0v) is 16.9. The Morgan fingerprint density at radius 1 is 1.32 bits per heavy atom. The number of aryl methyl sites for hydroxylation is 1. The molecule has 2 aliphatic rings. The van der Waals surface area contributed by atoms with Crippen LogP contribution in [0.25, 0.3) is 0 Å². The molecule has 2 N–H and O–H groups in total. The van der Waals surface area contributed by atoms with Gasteiger partial charge in [-0.05, 0) is 44.4 Å². The van der Waals surface area contributed by atoms with Gasteiger partial charge in [0, 0.05) is 17.9 Å². The van der Waals surface area contributed by atoms with E-state index in [9.17, 15) is 19.2 Å². The van der Waals surface area contributed by atoms with E-state index in [1.54, 1.807) is 28.8 Å². The number of esters is 1. The highest BCUT2D eigenvalue weighted by Gasteiger charge is 2.53. The van der Waals surface area contributed by atoms with E-state index < -0.39 is 30.6 Å². The topological polar surface area (TPSA) is 105 Å². The molecule has 8 nitrogen and oxygen atoms in total. The van der Waals surface area contributed by atoms with Gasteiger partial charge in [-0.15, -0.1) is 11.8 Å². The number of amides is 4. The molecule has 0 spiro atoms. The second-order valence-corrected chi connectivity index (χ2v) is 8.62. The largest absolute Gasteiger partial charge is 0.454 e.